The Hall–Kier alpha value is -1.10. The molecule has 2 aliphatic rings. The first-order valence-electron chi connectivity index (χ1n) is 8.58. The summed E-state index contributed by atoms with van der Waals surface area (Å²) in [5.74, 6) is 0.801. The summed E-state index contributed by atoms with van der Waals surface area (Å²) >= 11 is 6.14. The van der Waals surface area contributed by atoms with Crippen LogP contribution in [0.5, 0.6) is 0 Å². The van der Waals surface area contributed by atoms with E-state index in [1.54, 1.807) is 6.07 Å². The molecule has 0 saturated carbocycles. The Morgan fingerprint density at radius 1 is 1.13 bits per heavy atom. The number of morpholine rings is 1. The van der Waals surface area contributed by atoms with Gasteiger partial charge in [-0.05, 0) is 43.9 Å². The number of benzene rings is 1. The SMILES string of the molecule is O=C(c1ccccc1Cl)N1CCC(CCN2CCOCC2)CC1. The van der Waals surface area contributed by atoms with Gasteiger partial charge in [0.25, 0.3) is 5.91 Å². The van der Waals surface area contributed by atoms with Gasteiger partial charge in [0.2, 0.25) is 0 Å². The van der Waals surface area contributed by atoms with Crippen molar-refractivity contribution in [3.8, 4) is 0 Å². The molecule has 5 heteroatoms. The fourth-order valence-corrected chi connectivity index (χ4v) is 3.64. The van der Waals surface area contributed by atoms with E-state index in [-0.39, 0.29) is 5.91 Å². The molecule has 126 valence electrons. The quantitative estimate of drug-likeness (QED) is 0.847. The third kappa shape index (κ3) is 4.46. The number of likely N-dealkylation sites (tertiary alicyclic amines) is 1. The van der Waals surface area contributed by atoms with E-state index in [0.717, 1.165) is 64.7 Å². The number of piperidine rings is 1. The number of halogens is 1. The summed E-state index contributed by atoms with van der Waals surface area (Å²) in [6, 6.07) is 7.32. The third-order valence-electron chi connectivity index (χ3n) is 4.96. The highest BCUT2D eigenvalue weighted by Crippen LogP contribution is 2.24. The number of hydrogen-bond acceptors (Lipinski definition) is 3. The summed E-state index contributed by atoms with van der Waals surface area (Å²) < 4.78 is 5.39. The fourth-order valence-electron chi connectivity index (χ4n) is 3.42. The Kier molecular flexibility index (Phi) is 5.92. The summed E-state index contributed by atoms with van der Waals surface area (Å²) in [5, 5.41) is 0.548. The molecule has 1 aromatic carbocycles. The van der Waals surface area contributed by atoms with E-state index >= 15 is 0 Å². The minimum atomic E-state index is 0.0715. The molecule has 1 aromatic rings. The lowest BCUT2D eigenvalue weighted by Crippen LogP contribution is -2.40. The molecule has 0 unspecified atom stereocenters. The zero-order chi connectivity index (χ0) is 16.1. The molecule has 23 heavy (non-hydrogen) atoms. The first kappa shape index (κ1) is 16.7. The van der Waals surface area contributed by atoms with Crippen LogP contribution in [0, 0.1) is 5.92 Å². The molecule has 0 bridgehead atoms. The van der Waals surface area contributed by atoms with Gasteiger partial charge in [0.15, 0.2) is 0 Å². The Labute approximate surface area is 143 Å². The van der Waals surface area contributed by atoms with Crippen molar-refractivity contribution < 1.29 is 9.53 Å². The van der Waals surface area contributed by atoms with Gasteiger partial charge >= 0.3 is 0 Å². The highest BCUT2D eigenvalue weighted by atomic mass is 35.5. The topological polar surface area (TPSA) is 32.8 Å². The van der Waals surface area contributed by atoms with Crippen LogP contribution >= 0.6 is 11.6 Å². The molecule has 2 heterocycles. The van der Waals surface area contributed by atoms with Gasteiger partial charge < -0.3 is 9.64 Å². The van der Waals surface area contributed by atoms with E-state index in [1.807, 2.05) is 23.1 Å². The molecule has 2 aliphatic heterocycles. The Bertz CT molecular complexity index is 524. The van der Waals surface area contributed by atoms with E-state index in [0.29, 0.717) is 10.6 Å². The van der Waals surface area contributed by atoms with Gasteiger partial charge in [0.1, 0.15) is 0 Å². The van der Waals surface area contributed by atoms with Crippen LogP contribution in [0.1, 0.15) is 29.6 Å². The van der Waals surface area contributed by atoms with Crippen LogP contribution in [0.15, 0.2) is 24.3 Å². The van der Waals surface area contributed by atoms with Gasteiger partial charge in [0, 0.05) is 26.2 Å². The van der Waals surface area contributed by atoms with Gasteiger partial charge in [-0.15, -0.1) is 0 Å². The second-order valence-corrected chi connectivity index (χ2v) is 6.87. The lowest BCUT2D eigenvalue weighted by atomic mass is 9.93. The molecule has 0 radical (unpaired) electrons. The van der Waals surface area contributed by atoms with Gasteiger partial charge in [-0.1, -0.05) is 23.7 Å². The molecule has 2 saturated heterocycles. The predicted molar refractivity (Wildman–Crippen MR) is 92.0 cm³/mol. The van der Waals surface area contributed by atoms with E-state index in [1.165, 1.54) is 6.42 Å². The normalized spacial score (nSPS) is 20.7. The number of amides is 1. The number of hydrogen-bond donors (Lipinski definition) is 0. The third-order valence-corrected chi connectivity index (χ3v) is 5.29. The Morgan fingerprint density at radius 2 is 1.83 bits per heavy atom. The van der Waals surface area contributed by atoms with Crippen LogP contribution in [0.25, 0.3) is 0 Å². The van der Waals surface area contributed by atoms with E-state index in [2.05, 4.69) is 4.90 Å². The number of ether oxygens (including phenoxy) is 1. The maximum atomic E-state index is 12.6. The summed E-state index contributed by atoms with van der Waals surface area (Å²) in [5.41, 5.74) is 0.626. The van der Waals surface area contributed by atoms with Gasteiger partial charge in [-0.3, -0.25) is 9.69 Å². The van der Waals surface area contributed by atoms with Crippen molar-refractivity contribution >= 4 is 17.5 Å². The van der Waals surface area contributed by atoms with Crippen molar-refractivity contribution in [2.45, 2.75) is 19.3 Å². The molecule has 1 amide bonds. The maximum absolute atomic E-state index is 12.6. The number of carbonyl (C=O) groups is 1. The predicted octanol–water partition coefficient (Wildman–Crippen LogP) is 2.91. The maximum Gasteiger partial charge on any atom is 0.255 e. The number of rotatable bonds is 4. The smallest absolute Gasteiger partial charge is 0.255 e. The standard InChI is InChI=1S/C18H25ClN2O2/c19-17-4-2-1-3-16(17)18(22)21-9-6-15(7-10-21)5-8-20-11-13-23-14-12-20/h1-4,15H,5-14H2. The zero-order valence-electron chi connectivity index (χ0n) is 13.5. The molecule has 0 aliphatic carbocycles. The van der Waals surface area contributed by atoms with Gasteiger partial charge in [-0.25, -0.2) is 0 Å². The highest BCUT2D eigenvalue weighted by molar-refractivity contribution is 6.33. The summed E-state index contributed by atoms with van der Waals surface area (Å²) in [4.78, 5) is 17.0. The number of nitrogens with zero attached hydrogens (tertiary/aromatic N) is 2. The fraction of sp³-hybridized carbons (Fsp3) is 0.611. The summed E-state index contributed by atoms with van der Waals surface area (Å²) in [7, 11) is 0. The first-order chi connectivity index (χ1) is 11.2. The first-order valence-corrected chi connectivity index (χ1v) is 8.96. The van der Waals surface area contributed by atoms with Crippen molar-refractivity contribution in [3.63, 3.8) is 0 Å². The zero-order valence-corrected chi connectivity index (χ0v) is 14.3. The summed E-state index contributed by atoms with van der Waals surface area (Å²) in [6.45, 7) is 6.70. The Morgan fingerprint density at radius 3 is 2.52 bits per heavy atom. The molecule has 4 nitrogen and oxygen atoms in total. The van der Waals surface area contributed by atoms with Crippen molar-refractivity contribution in [1.29, 1.82) is 0 Å². The Balaban J connectivity index is 1.44. The van der Waals surface area contributed by atoms with Crippen LogP contribution in [0.2, 0.25) is 5.02 Å². The van der Waals surface area contributed by atoms with Crippen LogP contribution in [0.4, 0.5) is 0 Å². The van der Waals surface area contributed by atoms with Crippen molar-refractivity contribution in [2.24, 2.45) is 5.92 Å². The lowest BCUT2D eigenvalue weighted by molar-refractivity contribution is 0.0332. The van der Waals surface area contributed by atoms with Crippen molar-refractivity contribution in [3.05, 3.63) is 34.9 Å². The molecular weight excluding hydrogens is 312 g/mol. The van der Waals surface area contributed by atoms with E-state index < -0.39 is 0 Å². The second kappa shape index (κ2) is 8.13. The van der Waals surface area contributed by atoms with Crippen LogP contribution in [0.3, 0.4) is 0 Å². The molecule has 3 rings (SSSR count). The monoisotopic (exact) mass is 336 g/mol. The average Bonchev–Trinajstić information content (AvgIpc) is 2.61. The molecule has 0 spiro atoms. The minimum Gasteiger partial charge on any atom is -0.379 e. The lowest BCUT2D eigenvalue weighted by Gasteiger charge is -2.34. The highest BCUT2D eigenvalue weighted by Gasteiger charge is 2.25. The van der Waals surface area contributed by atoms with Crippen molar-refractivity contribution in [2.75, 3.05) is 45.9 Å². The number of carbonyl (C=O) groups excluding carboxylic acids is 1. The van der Waals surface area contributed by atoms with Crippen LogP contribution in [-0.2, 0) is 4.74 Å². The average molecular weight is 337 g/mol. The van der Waals surface area contributed by atoms with Gasteiger partial charge in [-0.2, -0.15) is 0 Å². The largest absolute Gasteiger partial charge is 0.379 e. The molecule has 2 fully saturated rings. The second-order valence-electron chi connectivity index (χ2n) is 6.46. The molecule has 0 aromatic heterocycles. The minimum absolute atomic E-state index is 0.0715. The van der Waals surface area contributed by atoms with Gasteiger partial charge in [0.05, 0.1) is 23.8 Å². The molecule has 0 N–H and O–H groups in total. The van der Waals surface area contributed by atoms with Crippen LogP contribution < -0.4 is 0 Å². The molecular formula is C18H25ClN2O2. The summed E-state index contributed by atoms with van der Waals surface area (Å²) in [6.07, 6.45) is 3.43. The molecule has 0 atom stereocenters. The van der Waals surface area contributed by atoms with E-state index in [4.69, 9.17) is 16.3 Å². The van der Waals surface area contributed by atoms with Crippen LogP contribution in [-0.4, -0.2) is 61.6 Å². The van der Waals surface area contributed by atoms with Crippen molar-refractivity contribution in [1.82, 2.24) is 9.80 Å². The van der Waals surface area contributed by atoms with E-state index in [9.17, 15) is 4.79 Å².